The predicted octanol–water partition coefficient (Wildman–Crippen LogP) is 2.46. The predicted molar refractivity (Wildman–Crippen MR) is 121 cm³/mol. The van der Waals surface area contributed by atoms with Gasteiger partial charge in [-0.3, -0.25) is 9.89 Å². The van der Waals surface area contributed by atoms with E-state index in [1.54, 1.807) is 0 Å². The zero-order valence-electron chi connectivity index (χ0n) is 17.4. The van der Waals surface area contributed by atoms with Gasteiger partial charge in [0.1, 0.15) is 0 Å². The van der Waals surface area contributed by atoms with Crippen LogP contribution in [0.4, 0.5) is 0 Å². The highest BCUT2D eigenvalue weighted by Crippen LogP contribution is 2.30. The lowest BCUT2D eigenvalue weighted by Gasteiger charge is -2.41. The summed E-state index contributed by atoms with van der Waals surface area (Å²) in [5, 5.41) is 16.3. The van der Waals surface area contributed by atoms with Crippen molar-refractivity contribution in [3.63, 3.8) is 0 Å². The van der Waals surface area contributed by atoms with E-state index < -0.39 is 0 Å². The summed E-state index contributed by atoms with van der Waals surface area (Å²) < 4.78 is 5.46. The fraction of sp³-hybridized carbons (Fsp3) is 0.947. The number of morpholine rings is 1. The Kier molecular flexibility index (Phi) is 13.1. The lowest BCUT2D eigenvalue weighted by atomic mass is 9.79. The Morgan fingerprint density at radius 3 is 2.23 bits per heavy atom. The topological polar surface area (TPSA) is 69.1 Å². The van der Waals surface area contributed by atoms with Gasteiger partial charge in [-0.1, -0.05) is 13.8 Å². The zero-order valence-corrected chi connectivity index (χ0v) is 19.8. The normalized spacial score (nSPS) is 16.9. The Labute approximate surface area is 177 Å². The number of aliphatic hydroxyl groups is 1. The van der Waals surface area contributed by atoms with Gasteiger partial charge in [0.15, 0.2) is 5.96 Å². The molecule has 0 radical (unpaired) electrons. The number of aliphatic imine (C=N–C) groups is 1. The molecule has 0 amide bonds. The van der Waals surface area contributed by atoms with Crippen LogP contribution in [-0.2, 0) is 4.74 Å². The minimum Gasteiger partial charge on any atom is -0.396 e. The molecule has 6 nitrogen and oxygen atoms in total. The number of rotatable bonds is 10. The van der Waals surface area contributed by atoms with Crippen LogP contribution < -0.4 is 10.6 Å². The van der Waals surface area contributed by atoms with E-state index in [1.165, 1.54) is 0 Å². The molecule has 7 heteroatoms. The number of ether oxygens (including phenoxy) is 1. The summed E-state index contributed by atoms with van der Waals surface area (Å²) in [7, 11) is 0. The highest BCUT2D eigenvalue weighted by atomic mass is 127. The van der Waals surface area contributed by atoms with E-state index in [1.807, 2.05) is 0 Å². The van der Waals surface area contributed by atoms with Gasteiger partial charge in [-0.05, 0) is 45.4 Å². The quantitative estimate of drug-likeness (QED) is 0.253. The molecule has 1 fully saturated rings. The molecule has 1 heterocycles. The molecule has 0 aromatic carbocycles. The average Bonchev–Trinajstić information content (AvgIpc) is 2.63. The Morgan fingerprint density at radius 1 is 1.12 bits per heavy atom. The van der Waals surface area contributed by atoms with E-state index >= 15 is 0 Å². The summed E-state index contributed by atoms with van der Waals surface area (Å²) >= 11 is 0. The molecule has 0 saturated carbocycles. The molecule has 1 saturated heterocycles. The van der Waals surface area contributed by atoms with Crippen LogP contribution in [0.15, 0.2) is 4.99 Å². The van der Waals surface area contributed by atoms with Gasteiger partial charge in [0.05, 0.1) is 13.2 Å². The van der Waals surface area contributed by atoms with Gasteiger partial charge in [0.25, 0.3) is 0 Å². The SMILES string of the molecule is CCNC(=NCC(CC)(CC)CCO)NCC(C)(C)N1CCOCC1.I. The fourth-order valence-corrected chi connectivity index (χ4v) is 3.31. The van der Waals surface area contributed by atoms with Crippen molar-refractivity contribution in [3.8, 4) is 0 Å². The zero-order chi connectivity index (χ0) is 18.8. The first-order chi connectivity index (χ1) is 11.9. The molecule has 0 aromatic rings. The largest absolute Gasteiger partial charge is 0.396 e. The molecule has 1 aliphatic heterocycles. The number of nitrogens with zero attached hydrogens (tertiary/aromatic N) is 2. The number of halogens is 1. The van der Waals surface area contributed by atoms with Crippen molar-refractivity contribution >= 4 is 29.9 Å². The molecule has 0 aromatic heterocycles. The van der Waals surface area contributed by atoms with Gasteiger partial charge in [-0.25, -0.2) is 0 Å². The van der Waals surface area contributed by atoms with Gasteiger partial charge in [-0.15, -0.1) is 24.0 Å². The molecule has 0 spiro atoms. The molecule has 3 N–H and O–H groups in total. The van der Waals surface area contributed by atoms with Gasteiger partial charge < -0.3 is 20.5 Å². The van der Waals surface area contributed by atoms with E-state index in [4.69, 9.17) is 9.73 Å². The molecule has 156 valence electrons. The van der Waals surface area contributed by atoms with Crippen molar-refractivity contribution < 1.29 is 9.84 Å². The highest BCUT2D eigenvalue weighted by molar-refractivity contribution is 14.0. The maximum atomic E-state index is 9.39. The number of aliphatic hydroxyl groups excluding tert-OH is 1. The average molecular weight is 484 g/mol. The summed E-state index contributed by atoms with van der Waals surface area (Å²) in [5.74, 6) is 0.869. The lowest BCUT2D eigenvalue weighted by Crippen LogP contribution is -2.56. The van der Waals surface area contributed by atoms with Crippen LogP contribution in [0.1, 0.15) is 53.9 Å². The van der Waals surface area contributed by atoms with Crippen LogP contribution in [0.3, 0.4) is 0 Å². The van der Waals surface area contributed by atoms with E-state index in [0.29, 0.717) is 0 Å². The van der Waals surface area contributed by atoms with Crippen molar-refractivity contribution in [1.29, 1.82) is 0 Å². The Morgan fingerprint density at radius 2 is 1.73 bits per heavy atom. The van der Waals surface area contributed by atoms with Crippen LogP contribution in [0.25, 0.3) is 0 Å². The van der Waals surface area contributed by atoms with E-state index in [2.05, 4.69) is 50.2 Å². The second-order valence-electron chi connectivity index (χ2n) is 7.64. The minimum atomic E-state index is 0. The van der Waals surface area contributed by atoms with Crippen LogP contribution in [0.5, 0.6) is 0 Å². The summed E-state index contributed by atoms with van der Waals surface area (Å²) in [4.78, 5) is 7.31. The Hall–Kier alpha value is -0.120. The lowest BCUT2D eigenvalue weighted by molar-refractivity contribution is -0.00834. The molecule has 0 unspecified atom stereocenters. The molecule has 0 bridgehead atoms. The van der Waals surface area contributed by atoms with Crippen molar-refractivity contribution in [3.05, 3.63) is 0 Å². The third-order valence-corrected chi connectivity index (χ3v) is 5.61. The fourth-order valence-electron chi connectivity index (χ4n) is 3.31. The Bertz CT molecular complexity index is 395. The first-order valence-corrected chi connectivity index (χ1v) is 9.89. The first-order valence-electron chi connectivity index (χ1n) is 9.89. The standard InChI is InChI=1S/C19H40N4O2.HI/c1-6-19(7-2,9-12-24)16-22-17(20-8-3)21-15-18(4,5)23-10-13-25-14-11-23;/h24H,6-16H2,1-5H3,(H2,20,21,22);1H. The van der Waals surface area contributed by atoms with Crippen molar-refractivity contribution in [2.75, 3.05) is 52.5 Å². The molecular weight excluding hydrogens is 443 g/mol. The molecular formula is C19H41IN4O2. The second-order valence-corrected chi connectivity index (χ2v) is 7.64. The number of guanidine groups is 1. The summed E-state index contributed by atoms with van der Waals surface area (Å²) in [6, 6.07) is 0. The van der Waals surface area contributed by atoms with Crippen LogP contribution in [0.2, 0.25) is 0 Å². The minimum absolute atomic E-state index is 0. The molecule has 0 aliphatic carbocycles. The number of hydrogen-bond donors (Lipinski definition) is 3. The monoisotopic (exact) mass is 484 g/mol. The molecule has 26 heavy (non-hydrogen) atoms. The van der Waals surface area contributed by atoms with Crippen molar-refractivity contribution in [1.82, 2.24) is 15.5 Å². The Balaban J connectivity index is 0.00000625. The van der Waals surface area contributed by atoms with Gasteiger partial charge >= 0.3 is 0 Å². The third kappa shape index (κ3) is 8.27. The summed E-state index contributed by atoms with van der Waals surface area (Å²) in [5.41, 5.74) is 0.147. The van der Waals surface area contributed by atoms with Gasteiger partial charge in [0.2, 0.25) is 0 Å². The highest BCUT2D eigenvalue weighted by Gasteiger charge is 2.29. The van der Waals surface area contributed by atoms with E-state index in [9.17, 15) is 5.11 Å². The van der Waals surface area contributed by atoms with Crippen LogP contribution >= 0.6 is 24.0 Å². The molecule has 1 rings (SSSR count). The van der Waals surface area contributed by atoms with Gasteiger partial charge in [-0.2, -0.15) is 0 Å². The second kappa shape index (κ2) is 13.1. The maximum absolute atomic E-state index is 9.39. The van der Waals surface area contributed by atoms with E-state index in [-0.39, 0.29) is 41.5 Å². The van der Waals surface area contributed by atoms with Crippen LogP contribution in [-0.4, -0.2) is 74.0 Å². The van der Waals surface area contributed by atoms with Crippen molar-refractivity contribution in [2.24, 2.45) is 10.4 Å². The van der Waals surface area contributed by atoms with Gasteiger partial charge in [0, 0.05) is 44.9 Å². The molecule has 1 aliphatic rings. The molecule has 0 atom stereocenters. The third-order valence-electron chi connectivity index (χ3n) is 5.61. The summed E-state index contributed by atoms with van der Waals surface area (Å²) in [6.45, 7) is 17.2. The number of nitrogens with one attached hydrogen (secondary N) is 2. The van der Waals surface area contributed by atoms with E-state index in [0.717, 1.165) is 71.2 Å². The van der Waals surface area contributed by atoms with Crippen LogP contribution in [0, 0.1) is 5.41 Å². The number of hydrogen-bond acceptors (Lipinski definition) is 4. The van der Waals surface area contributed by atoms with Crippen molar-refractivity contribution in [2.45, 2.75) is 59.4 Å². The smallest absolute Gasteiger partial charge is 0.191 e. The maximum Gasteiger partial charge on any atom is 0.191 e. The first kappa shape index (κ1) is 25.9. The summed E-state index contributed by atoms with van der Waals surface area (Å²) in [6.07, 6.45) is 2.88.